The zero-order valence-corrected chi connectivity index (χ0v) is 17.0. The quantitative estimate of drug-likeness (QED) is 0.478. The summed E-state index contributed by atoms with van der Waals surface area (Å²) in [7, 11) is 0. The van der Waals surface area contributed by atoms with E-state index >= 15 is 0 Å². The lowest BCUT2D eigenvalue weighted by Gasteiger charge is -2.22. The fraction of sp³-hybridized carbons (Fsp3) is 0.261. The van der Waals surface area contributed by atoms with Crippen LogP contribution in [0.15, 0.2) is 60.9 Å². The largest absolute Gasteiger partial charge is 0.478 e. The molecule has 3 rings (SSSR count). The van der Waals surface area contributed by atoms with Gasteiger partial charge in [0, 0.05) is 18.0 Å². The molecule has 5 nitrogen and oxygen atoms in total. The second-order valence-electron chi connectivity index (χ2n) is 7.62. The highest BCUT2D eigenvalue weighted by Crippen LogP contribution is 2.31. The van der Waals surface area contributed by atoms with E-state index in [4.69, 9.17) is 5.11 Å². The molecule has 0 saturated heterocycles. The van der Waals surface area contributed by atoms with E-state index in [-0.39, 0.29) is 11.6 Å². The van der Waals surface area contributed by atoms with E-state index in [9.17, 15) is 18.0 Å². The van der Waals surface area contributed by atoms with Gasteiger partial charge in [-0.3, -0.25) is 4.98 Å². The molecule has 0 spiro atoms. The van der Waals surface area contributed by atoms with Crippen molar-refractivity contribution in [2.75, 3.05) is 5.32 Å². The molecule has 0 unspecified atom stereocenters. The normalized spacial score (nSPS) is 12.6. The number of rotatable bonds is 7. The van der Waals surface area contributed by atoms with E-state index in [1.165, 1.54) is 18.3 Å². The molecule has 0 amide bonds. The summed E-state index contributed by atoms with van der Waals surface area (Å²) in [5.74, 6) is -0.0959. The van der Waals surface area contributed by atoms with Crippen molar-refractivity contribution in [3.8, 4) is 11.3 Å². The highest BCUT2D eigenvalue weighted by molar-refractivity contribution is 5.87. The van der Waals surface area contributed by atoms with Gasteiger partial charge in [-0.05, 0) is 42.2 Å². The first-order valence-electron chi connectivity index (χ1n) is 9.73. The number of hydrogen-bond acceptors (Lipinski definition) is 4. The average Bonchev–Trinajstić information content (AvgIpc) is 2.73. The Kier molecular flexibility index (Phi) is 6.58. The second kappa shape index (κ2) is 9.16. The lowest BCUT2D eigenvalue weighted by atomic mass is 9.95. The highest BCUT2D eigenvalue weighted by atomic mass is 19.4. The van der Waals surface area contributed by atoms with E-state index in [1.54, 1.807) is 6.07 Å². The predicted molar refractivity (Wildman–Crippen MR) is 112 cm³/mol. The molecular weight excluding hydrogens is 407 g/mol. The molecule has 2 N–H and O–H groups in total. The Morgan fingerprint density at radius 1 is 1.00 bits per heavy atom. The van der Waals surface area contributed by atoms with Crippen LogP contribution in [0.4, 0.5) is 19.0 Å². The number of carboxylic acids is 1. The van der Waals surface area contributed by atoms with Gasteiger partial charge in [0.15, 0.2) is 0 Å². The second-order valence-corrected chi connectivity index (χ2v) is 7.62. The van der Waals surface area contributed by atoms with Gasteiger partial charge in [-0.2, -0.15) is 13.2 Å². The average molecular weight is 429 g/mol. The zero-order chi connectivity index (χ0) is 22.6. The molecule has 3 aromatic rings. The van der Waals surface area contributed by atoms with Crippen LogP contribution < -0.4 is 5.32 Å². The number of pyridine rings is 2. The summed E-state index contributed by atoms with van der Waals surface area (Å²) in [6.45, 7) is 4.19. The van der Waals surface area contributed by atoms with Crippen LogP contribution in [0.3, 0.4) is 0 Å². The number of hydrogen-bond donors (Lipinski definition) is 2. The summed E-state index contributed by atoms with van der Waals surface area (Å²) in [5.41, 5.74) is 1.48. The number of carboxylic acid groups (broad SMARTS) is 1. The fourth-order valence-corrected chi connectivity index (χ4v) is 3.15. The van der Waals surface area contributed by atoms with Gasteiger partial charge in [-0.25, -0.2) is 9.78 Å². The van der Waals surface area contributed by atoms with Crippen molar-refractivity contribution in [2.24, 2.45) is 5.92 Å². The summed E-state index contributed by atoms with van der Waals surface area (Å²) in [5, 5.41) is 12.3. The van der Waals surface area contributed by atoms with Gasteiger partial charge < -0.3 is 10.4 Å². The fourth-order valence-electron chi connectivity index (χ4n) is 3.15. The van der Waals surface area contributed by atoms with E-state index in [2.05, 4.69) is 29.1 Å². The van der Waals surface area contributed by atoms with Crippen LogP contribution in [0.2, 0.25) is 0 Å². The number of aromatic nitrogens is 2. The summed E-state index contributed by atoms with van der Waals surface area (Å²) in [4.78, 5) is 19.1. The van der Waals surface area contributed by atoms with Crippen LogP contribution >= 0.6 is 0 Å². The Morgan fingerprint density at radius 2 is 1.71 bits per heavy atom. The Morgan fingerprint density at radius 3 is 2.19 bits per heavy atom. The van der Waals surface area contributed by atoms with E-state index < -0.39 is 17.7 Å². The molecule has 0 aliphatic heterocycles. The van der Waals surface area contributed by atoms with Crippen molar-refractivity contribution in [2.45, 2.75) is 32.5 Å². The zero-order valence-electron chi connectivity index (χ0n) is 17.0. The van der Waals surface area contributed by atoms with Crippen LogP contribution in [-0.2, 0) is 6.18 Å². The number of nitrogens with one attached hydrogen (secondary N) is 1. The van der Waals surface area contributed by atoms with Crippen LogP contribution in [0.1, 0.15) is 47.8 Å². The van der Waals surface area contributed by atoms with Crippen molar-refractivity contribution < 1.29 is 23.1 Å². The molecule has 0 aliphatic carbocycles. The van der Waals surface area contributed by atoms with Gasteiger partial charge in [-0.15, -0.1) is 0 Å². The third-order valence-electron chi connectivity index (χ3n) is 4.74. The number of nitrogens with zero attached hydrogens (tertiary/aromatic N) is 2. The van der Waals surface area contributed by atoms with Crippen molar-refractivity contribution in [1.82, 2.24) is 9.97 Å². The third-order valence-corrected chi connectivity index (χ3v) is 4.74. The van der Waals surface area contributed by atoms with E-state index in [0.29, 0.717) is 23.0 Å². The first kappa shape index (κ1) is 22.3. The summed E-state index contributed by atoms with van der Waals surface area (Å²) >= 11 is 0. The first-order valence-corrected chi connectivity index (χ1v) is 9.73. The number of aromatic carboxylic acids is 1. The van der Waals surface area contributed by atoms with E-state index in [1.807, 2.05) is 24.3 Å². The number of benzene rings is 1. The Bertz CT molecular complexity index is 1020. The predicted octanol–water partition coefficient (Wildman–Crippen LogP) is 6.06. The number of alkyl halides is 3. The molecular formula is C23H22F3N3O2. The number of anilines is 1. The molecule has 162 valence electrons. The van der Waals surface area contributed by atoms with Gasteiger partial charge in [0.1, 0.15) is 5.82 Å². The van der Waals surface area contributed by atoms with Gasteiger partial charge in [0.2, 0.25) is 0 Å². The Balaban J connectivity index is 1.79. The lowest BCUT2D eigenvalue weighted by Crippen LogP contribution is -2.14. The standard InChI is InChI=1S/C23H22F3N3O2/c1-14(2)11-20(29-21-10-7-17(12-28-21)22(30)31)16-5-3-15(4-6-16)19-9-8-18(13-27-19)23(24,25)26/h3-10,12-14,20H,11H2,1-2H3,(H,28,29)(H,30,31)/t20-/m0/s1. The molecule has 0 bridgehead atoms. The molecule has 8 heteroatoms. The monoisotopic (exact) mass is 429 g/mol. The smallest absolute Gasteiger partial charge is 0.417 e. The molecule has 1 atom stereocenters. The Labute approximate surface area is 178 Å². The van der Waals surface area contributed by atoms with Gasteiger partial charge in [-0.1, -0.05) is 38.1 Å². The molecule has 2 aromatic heterocycles. The minimum absolute atomic E-state index is 0.0715. The maximum Gasteiger partial charge on any atom is 0.417 e. The number of carbonyl (C=O) groups is 1. The van der Waals surface area contributed by atoms with Crippen molar-refractivity contribution in [3.63, 3.8) is 0 Å². The van der Waals surface area contributed by atoms with Crippen molar-refractivity contribution in [3.05, 3.63) is 77.6 Å². The van der Waals surface area contributed by atoms with Gasteiger partial charge >= 0.3 is 12.1 Å². The molecule has 0 saturated carbocycles. The number of halogens is 3. The molecule has 0 aliphatic rings. The topological polar surface area (TPSA) is 75.1 Å². The van der Waals surface area contributed by atoms with Gasteiger partial charge in [0.25, 0.3) is 0 Å². The molecule has 1 aromatic carbocycles. The van der Waals surface area contributed by atoms with Crippen LogP contribution in [0.5, 0.6) is 0 Å². The van der Waals surface area contributed by atoms with Crippen LogP contribution in [-0.4, -0.2) is 21.0 Å². The van der Waals surface area contributed by atoms with E-state index in [0.717, 1.165) is 24.2 Å². The maximum absolute atomic E-state index is 12.7. The minimum atomic E-state index is -4.41. The first-order chi connectivity index (χ1) is 14.6. The lowest BCUT2D eigenvalue weighted by molar-refractivity contribution is -0.137. The summed E-state index contributed by atoms with van der Waals surface area (Å²) in [6, 6.07) is 12.9. The molecule has 31 heavy (non-hydrogen) atoms. The van der Waals surface area contributed by atoms with Crippen molar-refractivity contribution >= 4 is 11.8 Å². The van der Waals surface area contributed by atoms with Crippen LogP contribution in [0, 0.1) is 5.92 Å². The minimum Gasteiger partial charge on any atom is -0.478 e. The maximum atomic E-state index is 12.7. The Hall–Kier alpha value is -3.42. The molecule has 0 radical (unpaired) electrons. The molecule has 2 heterocycles. The molecule has 0 fully saturated rings. The third kappa shape index (κ3) is 5.81. The highest BCUT2D eigenvalue weighted by Gasteiger charge is 2.30. The summed E-state index contributed by atoms with van der Waals surface area (Å²) in [6.07, 6.45) is -1.47. The van der Waals surface area contributed by atoms with Gasteiger partial charge in [0.05, 0.1) is 22.9 Å². The summed E-state index contributed by atoms with van der Waals surface area (Å²) < 4.78 is 38.2. The van der Waals surface area contributed by atoms with Crippen molar-refractivity contribution in [1.29, 1.82) is 0 Å². The SMILES string of the molecule is CC(C)C[C@H](Nc1ccc(C(=O)O)cn1)c1ccc(-c2ccc(C(F)(F)F)cn2)cc1. The van der Waals surface area contributed by atoms with Crippen LogP contribution in [0.25, 0.3) is 11.3 Å².